The van der Waals surface area contributed by atoms with E-state index in [1.165, 1.54) is 16.4 Å². The second kappa shape index (κ2) is 8.48. The highest BCUT2D eigenvalue weighted by Gasteiger charge is 2.30. The molecule has 158 valence electrons. The van der Waals surface area contributed by atoms with Crippen molar-refractivity contribution in [3.05, 3.63) is 57.3 Å². The summed E-state index contributed by atoms with van der Waals surface area (Å²) in [6, 6.07) is 9.68. The number of sulfonamides is 1. The summed E-state index contributed by atoms with van der Waals surface area (Å²) in [5.74, 6) is 1.41. The molecule has 6 nitrogen and oxygen atoms in total. The minimum Gasteiger partial charge on any atom is -0.353 e. The summed E-state index contributed by atoms with van der Waals surface area (Å²) in [6.45, 7) is 3.64. The maximum Gasteiger partial charge on any atom is 0.243 e. The molecule has 3 aromatic rings. The molecule has 0 spiro atoms. The van der Waals surface area contributed by atoms with E-state index in [2.05, 4.69) is 9.88 Å². The molecule has 2 heterocycles. The van der Waals surface area contributed by atoms with Crippen molar-refractivity contribution in [2.75, 3.05) is 31.1 Å². The molecule has 0 unspecified atom stereocenters. The second-order valence-electron chi connectivity index (χ2n) is 6.95. The number of benzene rings is 2. The van der Waals surface area contributed by atoms with Gasteiger partial charge in [0.2, 0.25) is 10.0 Å². The van der Waals surface area contributed by atoms with E-state index < -0.39 is 10.0 Å². The fourth-order valence-electron chi connectivity index (χ4n) is 3.48. The van der Waals surface area contributed by atoms with E-state index in [4.69, 9.17) is 39.8 Å². The van der Waals surface area contributed by atoms with Crippen molar-refractivity contribution in [3.8, 4) is 0 Å². The fourth-order valence-corrected chi connectivity index (χ4v) is 5.57. The molecular formula is C20H19Cl3N4O2S. The number of halogens is 3. The topological polar surface area (TPSA) is 66.4 Å². The number of fused-ring (bicyclic) bond motifs is 1. The predicted octanol–water partition coefficient (Wildman–Crippen LogP) is 4.66. The number of aryl methyl sites for hydroxylation is 1. The third-order valence-corrected chi connectivity index (χ3v) is 7.72. The molecule has 0 N–H and O–H groups in total. The zero-order chi connectivity index (χ0) is 21.5. The number of rotatable bonds is 4. The molecule has 0 atom stereocenters. The molecule has 0 amide bonds. The molecule has 1 fully saturated rings. The Morgan fingerprint density at radius 3 is 2.23 bits per heavy atom. The van der Waals surface area contributed by atoms with Crippen LogP contribution >= 0.6 is 34.8 Å². The lowest BCUT2D eigenvalue weighted by Crippen LogP contribution is -2.49. The third kappa shape index (κ3) is 4.09. The maximum absolute atomic E-state index is 12.9. The lowest BCUT2D eigenvalue weighted by atomic mass is 10.2. The molecule has 1 aliphatic rings. The Bertz CT molecular complexity index is 1190. The number of nitrogens with zero attached hydrogens (tertiary/aromatic N) is 4. The zero-order valence-electron chi connectivity index (χ0n) is 16.1. The fraction of sp³-hybridized carbons (Fsp3) is 0.300. The van der Waals surface area contributed by atoms with Gasteiger partial charge in [-0.05, 0) is 36.4 Å². The van der Waals surface area contributed by atoms with Crippen LogP contribution in [0.2, 0.25) is 15.1 Å². The first-order chi connectivity index (χ1) is 14.3. The van der Waals surface area contributed by atoms with Gasteiger partial charge in [0.15, 0.2) is 0 Å². The van der Waals surface area contributed by atoms with Crippen molar-refractivity contribution < 1.29 is 8.42 Å². The van der Waals surface area contributed by atoms with Crippen molar-refractivity contribution in [1.29, 1.82) is 0 Å². The van der Waals surface area contributed by atoms with Gasteiger partial charge in [-0.1, -0.05) is 41.7 Å². The molecule has 10 heteroatoms. The zero-order valence-corrected chi connectivity index (χ0v) is 19.2. The Kier molecular flexibility index (Phi) is 6.10. The molecule has 0 radical (unpaired) electrons. The smallest absolute Gasteiger partial charge is 0.243 e. The molecule has 1 aliphatic heterocycles. The number of aromatic nitrogens is 2. The van der Waals surface area contributed by atoms with Gasteiger partial charge >= 0.3 is 0 Å². The van der Waals surface area contributed by atoms with Crippen LogP contribution in [0, 0.1) is 0 Å². The quantitative estimate of drug-likeness (QED) is 0.537. The summed E-state index contributed by atoms with van der Waals surface area (Å²) in [5, 5.41) is 2.24. The van der Waals surface area contributed by atoms with Crippen LogP contribution < -0.4 is 4.90 Å². The average molecular weight is 486 g/mol. The number of hydrogen-bond donors (Lipinski definition) is 0. The van der Waals surface area contributed by atoms with Gasteiger partial charge in [0.25, 0.3) is 0 Å². The van der Waals surface area contributed by atoms with E-state index in [0.717, 1.165) is 11.2 Å². The summed E-state index contributed by atoms with van der Waals surface area (Å²) in [4.78, 5) is 11.5. The van der Waals surface area contributed by atoms with Crippen LogP contribution in [0.15, 0.2) is 41.3 Å². The first kappa shape index (κ1) is 21.6. The highest BCUT2D eigenvalue weighted by molar-refractivity contribution is 7.89. The van der Waals surface area contributed by atoms with Crippen LogP contribution in [0.1, 0.15) is 12.7 Å². The molecule has 2 aromatic carbocycles. The Balaban J connectivity index is 1.63. The SMILES string of the molecule is CCc1nc(N2CCN(S(=O)(=O)c3ccc(Cl)cc3)CC2)c2cc(Cl)cc(Cl)c2n1. The number of anilines is 1. The van der Waals surface area contributed by atoms with Crippen LogP contribution in [0.5, 0.6) is 0 Å². The average Bonchev–Trinajstić information content (AvgIpc) is 2.73. The van der Waals surface area contributed by atoms with E-state index in [1.807, 2.05) is 6.92 Å². The normalized spacial score (nSPS) is 15.7. The van der Waals surface area contributed by atoms with Gasteiger partial charge in [0, 0.05) is 48.0 Å². The summed E-state index contributed by atoms with van der Waals surface area (Å²) in [7, 11) is -3.58. The molecule has 0 saturated carbocycles. The van der Waals surface area contributed by atoms with Gasteiger partial charge in [0.05, 0.1) is 15.4 Å². The van der Waals surface area contributed by atoms with Crippen molar-refractivity contribution >= 4 is 61.5 Å². The van der Waals surface area contributed by atoms with Crippen LogP contribution in [-0.4, -0.2) is 48.9 Å². The molecule has 30 heavy (non-hydrogen) atoms. The number of piperazine rings is 1. The first-order valence-electron chi connectivity index (χ1n) is 9.46. The largest absolute Gasteiger partial charge is 0.353 e. The molecule has 1 aromatic heterocycles. The van der Waals surface area contributed by atoms with Crippen molar-refractivity contribution in [2.24, 2.45) is 0 Å². The van der Waals surface area contributed by atoms with Crippen LogP contribution in [0.25, 0.3) is 10.9 Å². The van der Waals surface area contributed by atoms with Crippen molar-refractivity contribution in [2.45, 2.75) is 18.2 Å². The van der Waals surface area contributed by atoms with Crippen LogP contribution in [0.3, 0.4) is 0 Å². The van der Waals surface area contributed by atoms with E-state index in [9.17, 15) is 8.42 Å². The molecule has 0 bridgehead atoms. The van der Waals surface area contributed by atoms with Crippen molar-refractivity contribution in [3.63, 3.8) is 0 Å². The second-order valence-corrected chi connectivity index (χ2v) is 10.2. The summed E-state index contributed by atoms with van der Waals surface area (Å²) in [6.07, 6.45) is 0.660. The molecule has 1 saturated heterocycles. The lowest BCUT2D eigenvalue weighted by molar-refractivity contribution is 0.384. The standard InChI is InChI=1S/C20H19Cl3N4O2S/c1-2-18-24-19-16(11-14(22)12-17(19)23)20(25-18)26-7-9-27(10-8-26)30(28,29)15-5-3-13(21)4-6-15/h3-6,11-12H,2,7-10H2,1H3. The highest BCUT2D eigenvalue weighted by atomic mass is 35.5. The predicted molar refractivity (Wildman–Crippen MR) is 121 cm³/mol. The Labute approximate surface area is 190 Å². The van der Waals surface area contributed by atoms with Gasteiger partial charge in [-0.2, -0.15) is 4.31 Å². The van der Waals surface area contributed by atoms with E-state index in [0.29, 0.717) is 59.0 Å². The minimum absolute atomic E-state index is 0.236. The summed E-state index contributed by atoms with van der Waals surface area (Å²) < 4.78 is 27.4. The van der Waals surface area contributed by atoms with Crippen molar-refractivity contribution in [1.82, 2.24) is 14.3 Å². The van der Waals surface area contributed by atoms with E-state index >= 15 is 0 Å². The highest BCUT2D eigenvalue weighted by Crippen LogP contribution is 2.33. The minimum atomic E-state index is -3.58. The van der Waals surface area contributed by atoms with Gasteiger partial charge in [-0.3, -0.25) is 0 Å². The lowest BCUT2D eigenvalue weighted by Gasteiger charge is -2.35. The number of hydrogen-bond acceptors (Lipinski definition) is 5. The van der Waals surface area contributed by atoms with E-state index in [1.54, 1.807) is 24.3 Å². The maximum atomic E-state index is 12.9. The summed E-state index contributed by atoms with van der Waals surface area (Å²) in [5.41, 5.74) is 0.652. The summed E-state index contributed by atoms with van der Waals surface area (Å²) >= 11 is 18.5. The molecular weight excluding hydrogens is 467 g/mol. The van der Waals surface area contributed by atoms with Gasteiger partial charge < -0.3 is 4.90 Å². The van der Waals surface area contributed by atoms with Gasteiger partial charge in [-0.15, -0.1) is 0 Å². The molecule has 0 aliphatic carbocycles. The Hall–Kier alpha value is -1.64. The van der Waals surface area contributed by atoms with Gasteiger partial charge in [0.1, 0.15) is 11.6 Å². The van der Waals surface area contributed by atoms with Gasteiger partial charge in [-0.25, -0.2) is 18.4 Å². The molecule has 4 rings (SSSR count). The Morgan fingerprint density at radius 2 is 1.60 bits per heavy atom. The Morgan fingerprint density at radius 1 is 0.933 bits per heavy atom. The third-order valence-electron chi connectivity index (χ3n) is 5.05. The van der Waals surface area contributed by atoms with Crippen LogP contribution in [0.4, 0.5) is 5.82 Å². The first-order valence-corrected chi connectivity index (χ1v) is 12.0. The van der Waals surface area contributed by atoms with E-state index in [-0.39, 0.29) is 4.90 Å². The monoisotopic (exact) mass is 484 g/mol. The van der Waals surface area contributed by atoms with Crippen LogP contribution in [-0.2, 0) is 16.4 Å².